The SMILES string of the molecule is COc1c(I)cc(I)cc1/C=c1\sc2nc3cc(Br)cnc3n2c1=O. The van der Waals surface area contributed by atoms with Crippen LogP contribution in [0.1, 0.15) is 5.56 Å². The summed E-state index contributed by atoms with van der Waals surface area (Å²) in [6, 6.07) is 5.89. The molecule has 0 bridgehead atoms. The molecule has 4 rings (SSSR count). The number of pyridine rings is 1. The highest BCUT2D eigenvalue weighted by Crippen LogP contribution is 2.28. The molecule has 1 aromatic carbocycles. The van der Waals surface area contributed by atoms with E-state index in [2.05, 4.69) is 71.1 Å². The number of rotatable bonds is 2. The van der Waals surface area contributed by atoms with Crippen molar-refractivity contribution >= 4 is 94.6 Å². The highest BCUT2D eigenvalue weighted by atomic mass is 127. The second kappa shape index (κ2) is 6.74. The van der Waals surface area contributed by atoms with Crippen molar-refractivity contribution in [1.29, 1.82) is 0 Å². The van der Waals surface area contributed by atoms with Gasteiger partial charge in [-0.1, -0.05) is 11.3 Å². The first-order valence-corrected chi connectivity index (χ1v) is 10.8. The fourth-order valence-corrected chi connectivity index (χ4v) is 5.95. The van der Waals surface area contributed by atoms with Crippen molar-refractivity contribution in [2.45, 2.75) is 0 Å². The Morgan fingerprint density at radius 1 is 1.32 bits per heavy atom. The van der Waals surface area contributed by atoms with E-state index in [1.54, 1.807) is 17.7 Å². The fraction of sp³-hybridized carbons (Fsp3) is 0.0625. The molecule has 0 saturated heterocycles. The average Bonchev–Trinajstić information content (AvgIpc) is 3.03. The number of halogens is 3. The van der Waals surface area contributed by atoms with Crippen molar-refractivity contribution in [2.24, 2.45) is 0 Å². The van der Waals surface area contributed by atoms with Crippen LogP contribution >= 0.6 is 72.4 Å². The zero-order valence-corrected chi connectivity index (χ0v) is 19.3. The third kappa shape index (κ3) is 3.08. The lowest BCUT2D eigenvalue weighted by Gasteiger charge is -2.07. The first-order chi connectivity index (χ1) is 12.0. The number of imidazole rings is 1. The lowest BCUT2D eigenvalue weighted by molar-refractivity contribution is 0.410. The van der Waals surface area contributed by atoms with Gasteiger partial charge in [0.25, 0.3) is 5.56 Å². The van der Waals surface area contributed by atoms with Crippen molar-refractivity contribution in [3.8, 4) is 5.75 Å². The molecule has 3 aromatic heterocycles. The minimum Gasteiger partial charge on any atom is -0.495 e. The lowest BCUT2D eigenvalue weighted by Crippen LogP contribution is -2.23. The molecule has 0 aliphatic heterocycles. The lowest BCUT2D eigenvalue weighted by atomic mass is 10.2. The molecule has 0 aliphatic rings. The van der Waals surface area contributed by atoms with E-state index in [0.29, 0.717) is 20.7 Å². The van der Waals surface area contributed by atoms with Gasteiger partial charge in [0.1, 0.15) is 11.3 Å². The number of benzene rings is 1. The van der Waals surface area contributed by atoms with Gasteiger partial charge < -0.3 is 4.74 Å². The predicted molar refractivity (Wildman–Crippen MR) is 120 cm³/mol. The quantitative estimate of drug-likeness (QED) is 0.313. The molecule has 0 fully saturated rings. The number of methoxy groups -OCH3 is 1. The van der Waals surface area contributed by atoms with Crippen LogP contribution in [0.15, 0.2) is 33.7 Å². The highest BCUT2D eigenvalue weighted by molar-refractivity contribution is 14.1. The summed E-state index contributed by atoms with van der Waals surface area (Å²) in [6.45, 7) is 0. The van der Waals surface area contributed by atoms with Crippen molar-refractivity contribution in [3.63, 3.8) is 0 Å². The number of hydrogen-bond acceptors (Lipinski definition) is 5. The van der Waals surface area contributed by atoms with Crippen molar-refractivity contribution in [1.82, 2.24) is 14.4 Å². The van der Waals surface area contributed by atoms with Crippen LogP contribution in [0.2, 0.25) is 0 Å². The second-order valence-corrected chi connectivity index (χ2v) is 9.48. The number of thiazole rings is 1. The average molecular weight is 640 g/mol. The van der Waals surface area contributed by atoms with Crippen LogP contribution in [-0.2, 0) is 0 Å². The molecule has 5 nitrogen and oxygen atoms in total. The zero-order chi connectivity index (χ0) is 17.7. The number of fused-ring (bicyclic) bond motifs is 3. The van der Waals surface area contributed by atoms with Crippen LogP contribution in [0.3, 0.4) is 0 Å². The van der Waals surface area contributed by atoms with Gasteiger partial charge in [-0.2, -0.15) is 0 Å². The minimum absolute atomic E-state index is 0.117. The number of ether oxygens (including phenoxy) is 1. The molecule has 4 aromatic rings. The number of nitrogens with zero attached hydrogens (tertiary/aromatic N) is 3. The van der Waals surface area contributed by atoms with E-state index < -0.39 is 0 Å². The van der Waals surface area contributed by atoms with E-state index in [9.17, 15) is 4.79 Å². The first-order valence-electron chi connectivity index (χ1n) is 6.99. The summed E-state index contributed by atoms with van der Waals surface area (Å²) in [6.07, 6.45) is 3.53. The Morgan fingerprint density at radius 2 is 2.12 bits per heavy atom. The van der Waals surface area contributed by atoms with E-state index in [1.807, 2.05) is 24.3 Å². The van der Waals surface area contributed by atoms with Gasteiger partial charge in [0.15, 0.2) is 10.6 Å². The van der Waals surface area contributed by atoms with Crippen molar-refractivity contribution in [3.05, 3.63) is 56.5 Å². The summed E-state index contributed by atoms with van der Waals surface area (Å²) in [7, 11) is 1.64. The molecular formula is C16H8BrI2N3O2S. The Labute approximate surface area is 181 Å². The summed E-state index contributed by atoms with van der Waals surface area (Å²) >= 11 is 9.22. The molecule has 3 heterocycles. The molecule has 25 heavy (non-hydrogen) atoms. The number of aromatic nitrogens is 3. The van der Waals surface area contributed by atoms with E-state index in [1.165, 1.54) is 11.3 Å². The maximum Gasteiger partial charge on any atom is 0.276 e. The van der Waals surface area contributed by atoms with Gasteiger partial charge in [-0.3, -0.25) is 4.79 Å². The van der Waals surface area contributed by atoms with Gasteiger partial charge in [-0.25, -0.2) is 14.4 Å². The van der Waals surface area contributed by atoms with Crippen LogP contribution in [0.25, 0.3) is 22.2 Å². The molecule has 0 saturated carbocycles. The second-order valence-electron chi connectivity index (χ2n) is 5.15. The first kappa shape index (κ1) is 17.6. The molecule has 0 aliphatic carbocycles. The van der Waals surface area contributed by atoms with Gasteiger partial charge in [0.2, 0.25) is 0 Å². The van der Waals surface area contributed by atoms with Crippen LogP contribution in [0.5, 0.6) is 5.75 Å². The Balaban J connectivity index is 2.01. The van der Waals surface area contributed by atoms with Crippen molar-refractivity contribution in [2.75, 3.05) is 7.11 Å². The maximum atomic E-state index is 12.9. The van der Waals surface area contributed by atoms with Gasteiger partial charge in [0, 0.05) is 19.8 Å². The molecule has 0 unspecified atom stereocenters. The number of hydrogen-bond donors (Lipinski definition) is 0. The standard InChI is InChI=1S/C16H8BrI2N3O2S/c1-24-13-7(2-9(18)5-10(13)19)3-12-15(23)22-14-11(21-16(22)25-12)4-8(17)6-20-14/h2-6H,1H3/b12-3-. The van der Waals surface area contributed by atoms with Crippen LogP contribution in [-0.4, -0.2) is 21.5 Å². The Bertz CT molecular complexity index is 1250. The highest BCUT2D eigenvalue weighted by Gasteiger charge is 2.14. The van der Waals surface area contributed by atoms with Crippen LogP contribution in [0, 0.1) is 7.14 Å². The smallest absolute Gasteiger partial charge is 0.276 e. The molecule has 0 spiro atoms. The Hall–Kier alpha value is -0.790. The molecule has 0 atom stereocenters. The zero-order valence-electron chi connectivity index (χ0n) is 12.6. The van der Waals surface area contributed by atoms with E-state index in [4.69, 9.17) is 4.74 Å². The summed E-state index contributed by atoms with van der Waals surface area (Å²) in [5.74, 6) is 0.762. The van der Waals surface area contributed by atoms with E-state index >= 15 is 0 Å². The third-order valence-corrected chi connectivity index (χ3v) is 6.40. The molecule has 9 heteroatoms. The molecule has 0 N–H and O–H groups in total. The topological polar surface area (TPSA) is 56.5 Å². The van der Waals surface area contributed by atoms with E-state index in [-0.39, 0.29) is 5.56 Å². The molecule has 126 valence electrons. The molecule has 0 radical (unpaired) electrons. The van der Waals surface area contributed by atoms with Crippen LogP contribution in [0.4, 0.5) is 0 Å². The summed E-state index contributed by atoms with van der Waals surface area (Å²) < 4.78 is 10.6. The van der Waals surface area contributed by atoms with Gasteiger partial charge in [-0.05, 0) is 85.4 Å². The van der Waals surface area contributed by atoms with Crippen molar-refractivity contribution < 1.29 is 4.74 Å². The summed E-state index contributed by atoms with van der Waals surface area (Å²) in [5.41, 5.74) is 2.03. The third-order valence-electron chi connectivity index (χ3n) is 3.58. The predicted octanol–water partition coefficient (Wildman–Crippen LogP) is 3.83. The maximum absolute atomic E-state index is 12.9. The van der Waals surface area contributed by atoms with Crippen LogP contribution < -0.4 is 14.8 Å². The Morgan fingerprint density at radius 3 is 2.88 bits per heavy atom. The molecule has 0 amide bonds. The van der Waals surface area contributed by atoms with Gasteiger partial charge in [-0.15, -0.1) is 0 Å². The fourth-order valence-electron chi connectivity index (χ4n) is 2.56. The van der Waals surface area contributed by atoms with Gasteiger partial charge >= 0.3 is 0 Å². The Kier molecular flexibility index (Phi) is 4.75. The monoisotopic (exact) mass is 639 g/mol. The molecular weight excluding hydrogens is 632 g/mol. The van der Waals surface area contributed by atoms with Gasteiger partial charge in [0.05, 0.1) is 15.2 Å². The minimum atomic E-state index is -0.117. The largest absolute Gasteiger partial charge is 0.495 e. The van der Waals surface area contributed by atoms with E-state index in [0.717, 1.165) is 22.9 Å². The summed E-state index contributed by atoms with van der Waals surface area (Å²) in [4.78, 5) is 22.3. The normalized spacial score (nSPS) is 12.4. The summed E-state index contributed by atoms with van der Waals surface area (Å²) in [5, 5.41) is 0.